The second-order valence-electron chi connectivity index (χ2n) is 14.1. The summed E-state index contributed by atoms with van der Waals surface area (Å²) in [5.74, 6) is 0. The highest BCUT2D eigenvalue weighted by atomic mass is 15.1. The number of benzene rings is 10. The fourth-order valence-electron chi connectivity index (χ4n) is 8.53. The van der Waals surface area contributed by atoms with Gasteiger partial charge in [-0.25, -0.2) is 0 Å². The van der Waals surface area contributed by atoms with Crippen LogP contribution in [0.25, 0.3) is 87.6 Å². The van der Waals surface area contributed by atoms with E-state index in [1.807, 2.05) is 0 Å². The molecule has 1 nitrogen and oxygen atoms in total. The van der Waals surface area contributed by atoms with Gasteiger partial charge in [-0.2, -0.15) is 0 Å². The number of anilines is 3. The molecular formula is C52H33N. The van der Waals surface area contributed by atoms with Gasteiger partial charge in [-0.15, -0.1) is 0 Å². The van der Waals surface area contributed by atoms with Gasteiger partial charge in [-0.3, -0.25) is 0 Å². The molecule has 0 spiro atoms. The van der Waals surface area contributed by atoms with E-state index in [-0.39, 0.29) is 0 Å². The maximum Gasteiger partial charge on any atom is 0.0546 e. The molecule has 1 aliphatic carbocycles. The van der Waals surface area contributed by atoms with Crippen LogP contribution in [0.4, 0.5) is 17.1 Å². The zero-order chi connectivity index (χ0) is 34.9. The van der Waals surface area contributed by atoms with Gasteiger partial charge in [-0.05, 0) is 131 Å². The average molecular weight is 672 g/mol. The van der Waals surface area contributed by atoms with Gasteiger partial charge in [0, 0.05) is 16.6 Å². The average Bonchev–Trinajstić information content (AvgIpc) is 3.23. The predicted molar refractivity (Wildman–Crippen MR) is 226 cm³/mol. The number of hydrogen-bond acceptors (Lipinski definition) is 1. The molecule has 0 fully saturated rings. The molecule has 0 amide bonds. The van der Waals surface area contributed by atoms with E-state index in [4.69, 9.17) is 0 Å². The molecule has 0 unspecified atom stereocenters. The van der Waals surface area contributed by atoms with Crippen LogP contribution in [0.5, 0.6) is 0 Å². The molecular weight excluding hydrogens is 639 g/mol. The van der Waals surface area contributed by atoms with Crippen LogP contribution in [0.3, 0.4) is 0 Å². The third kappa shape index (κ3) is 4.79. The summed E-state index contributed by atoms with van der Waals surface area (Å²) in [5, 5.41) is 9.94. The second-order valence-corrected chi connectivity index (χ2v) is 14.1. The van der Waals surface area contributed by atoms with Gasteiger partial charge < -0.3 is 4.90 Å². The third-order valence-electron chi connectivity index (χ3n) is 11.1. The molecule has 0 bridgehead atoms. The third-order valence-corrected chi connectivity index (χ3v) is 11.1. The topological polar surface area (TPSA) is 3.24 Å². The van der Waals surface area contributed by atoms with Crippen LogP contribution >= 0.6 is 0 Å². The number of hydrogen-bond donors (Lipinski definition) is 0. The van der Waals surface area contributed by atoms with Crippen LogP contribution < -0.4 is 4.90 Å². The van der Waals surface area contributed by atoms with Crippen LogP contribution in [0.1, 0.15) is 0 Å². The Morgan fingerprint density at radius 1 is 0.264 bits per heavy atom. The van der Waals surface area contributed by atoms with Gasteiger partial charge in [0.15, 0.2) is 0 Å². The maximum atomic E-state index is 2.47. The Morgan fingerprint density at radius 2 is 0.792 bits per heavy atom. The molecule has 11 rings (SSSR count). The van der Waals surface area contributed by atoms with Crippen LogP contribution in [0.2, 0.25) is 0 Å². The van der Waals surface area contributed by atoms with E-state index in [9.17, 15) is 0 Å². The molecule has 246 valence electrons. The normalized spacial score (nSPS) is 11.8. The Kier molecular flexibility index (Phi) is 6.62. The lowest BCUT2D eigenvalue weighted by Gasteiger charge is -2.30. The first kappa shape index (κ1) is 29.7. The van der Waals surface area contributed by atoms with Gasteiger partial charge in [0.2, 0.25) is 0 Å². The van der Waals surface area contributed by atoms with Gasteiger partial charge in [0.25, 0.3) is 0 Å². The molecule has 0 radical (unpaired) electrons. The molecule has 1 heteroatoms. The van der Waals surface area contributed by atoms with Crippen molar-refractivity contribution in [1.29, 1.82) is 0 Å². The van der Waals surface area contributed by atoms with E-state index in [1.54, 1.807) is 0 Å². The molecule has 0 heterocycles. The van der Waals surface area contributed by atoms with Crippen LogP contribution in [0, 0.1) is 0 Å². The Hall–Kier alpha value is -6.96. The minimum absolute atomic E-state index is 1.13. The summed E-state index contributed by atoms with van der Waals surface area (Å²) < 4.78 is 0. The summed E-state index contributed by atoms with van der Waals surface area (Å²) in [5.41, 5.74) is 13.7. The fraction of sp³-hybridized carbons (Fsp3) is 0. The van der Waals surface area contributed by atoms with Crippen molar-refractivity contribution in [2.45, 2.75) is 0 Å². The molecule has 0 saturated heterocycles. The van der Waals surface area contributed by atoms with Crippen molar-refractivity contribution in [3.05, 3.63) is 200 Å². The minimum Gasteiger partial charge on any atom is -0.309 e. The SMILES string of the molecule is c1ccc(-c2ccc3cc4c(cc3c2)-c2cc3cc(N(c5ccc6ccccc6c5-c5ccccc5)c5cccc6ccccc56)ccc3cc2-4)cc1. The predicted octanol–water partition coefficient (Wildman–Crippen LogP) is 14.8. The van der Waals surface area contributed by atoms with Gasteiger partial charge >= 0.3 is 0 Å². The van der Waals surface area contributed by atoms with E-state index in [0.717, 1.165) is 17.1 Å². The largest absolute Gasteiger partial charge is 0.309 e. The Morgan fingerprint density at radius 3 is 1.51 bits per heavy atom. The zero-order valence-corrected chi connectivity index (χ0v) is 29.0. The molecule has 0 N–H and O–H groups in total. The monoisotopic (exact) mass is 671 g/mol. The van der Waals surface area contributed by atoms with Crippen molar-refractivity contribution in [3.8, 4) is 44.5 Å². The van der Waals surface area contributed by atoms with Crippen LogP contribution in [0.15, 0.2) is 200 Å². The quantitative estimate of drug-likeness (QED) is 0.176. The van der Waals surface area contributed by atoms with Crippen molar-refractivity contribution < 1.29 is 0 Å². The smallest absolute Gasteiger partial charge is 0.0546 e. The molecule has 0 aromatic heterocycles. The lowest BCUT2D eigenvalue weighted by atomic mass is 9.77. The number of fused-ring (bicyclic) bond motifs is 8. The van der Waals surface area contributed by atoms with Crippen molar-refractivity contribution in [1.82, 2.24) is 0 Å². The number of nitrogens with zero attached hydrogens (tertiary/aromatic N) is 1. The minimum atomic E-state index is 1.13. The van der Waals surface area contributed by atoms with E-state index in [1.165, 1.54) is 87.6 Å². The highest BCUT2D eigenvalue weighted by molar-refractivity contribution is 6.13. The first-order valence-electron chi connectivity index (χ1n) is 18.3. The standard InChI is InChI=1S/C52H33N/c1-3-12-34(13-4-1)38-22-23-39-30-46-47-31-40-24-26-43(29-42(40)33-49(47)48(46)32-41(39)28-38)53(50-21-11-18-35-14-7-9-19-44(35)50)51-27-25-36-15-8-10-20-45(36)52(51)37-16-5-2-6-17-37/h1-33H. The molecule has 10 aromatic carbocycles. The van der Waals surface area contributed by atoms with Crippen molar-refractivity contribution in [2.24, 2.45) is 0 Å². The molecule has 0 saturated carbocycles. The van der Waals surface area contributed by atoms with Crippen LogP contribution in [-0.4, -0.2) is 0 Å². The molecule has 0 atom stereocenters. The first-order valence-corrected chi connectivity index (χ1v) is 18.3. The van der Waals surface area contributed by atoms with Crippen molar-refractivity contribution in [2.75, 3.05) is 4.90 Å². The summed E-state index contributed by atoms with van der Waals surface area (Å²) in [6.07, 6.45) is 0. The lowest BCUT2D eigenvalue weighted by Crippen LogP contribution is -2.12. The van der Waals surface area contributed by atoms with Crippen molar-refractivity contribution in [3.63, 3.8) is 0 Å². The fourth-order valence-corrected chi connectivity index (χ4v) is 8.53. The summed E-state index contributed by atoms with van der Waals surface area (Å²) >= 11 is 0. The van der Waals surface area contributed by atoms with E-state index in [2.05, 4.69) is 205 Å². The summed E-state index contributed by atoms with van der Waals surface area (Å²) in [4.78, 5) is 2.47. The van der Waals surface area contributed by atoms with Gasteiger partial charge in [0.05, 0.1) is 11.4 Å². The Bertz CT molecular complexity index is 3040. The summed E-state index contributed by atoms with van der Waals surface area (Å²) in [7, 11) is 0. The highest BCUT2D eigenvalue weighted by Gasteiger charge is 2.25. The Balaban J connectivity index is 1.11. The van der Waals surface area contributed by atoms with Crippen molar-refractivity contribution >= 4 is 60.2 Å². The summed E-state index contributed by atoms with van der Waals surface area (Å²) in [6.45, 7) is 0. The molecule has 10 aromatic rings. The molecule has 53 heavy (non-hydrogen) atoms. The lowest BCUT2D eigenvalue weighted by molar-refractivity contribution is 1.31. The highest BCUT2D eigenvalue weighted by Crippen LogP contribution is 2.52. The van der Waals surface area contributed by atoms with E-state index < -0.39 is 0 Å². The summed E-state index contributed by atoms with van der Waals surface area (Å²) in [6, 6.07) is 73.6. The zero-order valence-electron chi connectivity index (χ0n) is 29.0. The second kappa shape index (κ2) is 11.8. The first-order chi connectivity index (χ1) is 26.3. The van der Waals surface area contributed by atoms with Crippen LogP contribution in [-0.2, 0) is 0 Å². The Labute approximate surface area is 308 Å². The van der Waals surface area contributed by atoms with E-state index in [0.29, 0.717) is 0 Å². The van der Waals surface area contributed by atoms with Gasteiger partial charge in [0.1, 0.15) is 0 Å². The van der Waals surface area contributed by atoms with E-state index >= 15 is 0 Å². The molecule has 1 aliphatic rings. The molecule has 0 aliphatic heterocycles. The maximum absolute atomic E-state index is 2.47. The number of rotatable bonds is 5. The van der Waals surface area contributed by atoms with Gasteiger partial charge in [-0.1, -0.05) is 146 Å².